The van der Waals surface area contributed by atoms with Gasteiger partial charge in [-0.25, -0.2) is 9.97 Å². The molecule has 2 aromatic heterocycles. The molecule has 0 fully saturated rings. The summed E-state index contributed by atoms with van der Waals surface area (Å²) in [6, 6.07) is 12.1. The van der Waals surface area contributed by atoms with Gasteiger partial charge in [0.2, 0.25) is 0 Å². The van der Waals surface area contributed by atoms with Crippen molar-refractivity contribution in [2.75, 3.05) is 11.1 Å². The van der Waals surface area contributed by atoms with Crippen molar-refractivity contribution in [2.45, 2.75) is 19.0 Å². The van der Waals surface area contributed by atoms with Gasteiger partial charge in [0.15, 0.2) is 5.16 Å². The first-order chi connectivity index (χ1) is 13.0. The van der Waals surface area contributed by atoms with Crippen LogP contribution in [0.25, 0.3) is 0 Å². The fourth-order valence-electron chi connectivity index (χ4n) is 2.25. The zero-order valence-electron chi connectivity index (χ0n) is 14.8. The van der Waals surface area contributed by atoms with E-state index >= 15 is 0 Å². The summed E-state index contributed by atoms with van der Waals surface area (Å²) in [6.45, 7) is 3.77. The molecule has 0 spiro atoms. The molecule has 1 N–H and O–H groups in total. The van der Waals surface area contributed by atoms with Crippen molar-refractivity contribution in [3.05, 3.63) is 64.1 Å². The lowest BCUT2D eigenvalue weighted by Crippen LogP contribution is -2.12. The molecule has 3 rings (SSSR count). The van der Waals surface area contributed by atoms with Crippen molar-refractivity contribution >= 4 is 40.7 Å². The zero-order chi connectivity index (χ0) is 19.2. The fraction of sp³-hybridized carbons (Fsp3) is 0.158. The maximum absolute atomic E-state index is 12.0. The van der Waals surface area contributed by atoms with Crippen LogP contribution in [0.2, 0.25) is 0 Å². The molecule has 1 amide bonds. The Hall–Kier alpha value is -2.71. The molecule has 1 aromatic carbocycles. The first-order valence-electron chi connectivity index (χ1n) is 8.10. The number of benzene rings is 1. The van der Waals surface area contributed by atoms with E-state index < -0.39 is 5.97 Å². The smallest absolute Gasteiger partial charge is 0.321 e. The molecule has 8 heteroatoms. The van der Waals surface area contributed by atoms with E-state index in [4.69, 9.17) is 4.74 Å². The maximum Gasteiger partial charge on any atom is 0.321 e. The van der Waals surface area contributed by atoms with E-state index in [2.05, 4.69) is 15.3 Å². The van der Waals surface area contributed by atoms with Gasteiger partial charge in [0.1, 0.15) is 5.75 Å². The molecule has 0 saturated heterocycles. The van der Waals surface area contributed by atoms with Crippen LogP contribution in [0.5, 0.6) is 5.75 Å². The van der Waals surface area contributed by atoms with E-state index in [0.717, 1.165) is 11.4 Å². The minimum Gasteiger partial charge on any atom is -0.426 e. The molecule has 0 aliphatic heterocycles. The number of amides is 1. The molecule has 0 bridgehead atoms. The van der Waals surface area contributed by atoms with Crippen LogP contribution >= 0.6 is 23.1 Å². The number of thioether (sulfide) groups is 1. The lowest BCUT2D eigenvalue weighted by molar-refractivity contribution is -0.131. The molecule has 0 saturated carbocycles. The summed E-state index contributed by atoms with van der Waals surface area (Å²) in [7, 11) is 0. The molecule has 0 radical (unpaired) electrons. The van der Waals surface area contributed by atoms with Gasteiger partial charge in [-0.2, -0.15) is 0 Å². The first kappa shape index (κ1) is 19.1. The first-order valence-corrected chi connectivity index (χ1v) is 9.97. The molecule has 27 heavy (non-hydrogen) atoms. The number of ether oxygens (including phenoxy) is 1. The maximum atomic E-state index is 12.0. The van der Waals surface area contributed by atoms with Crippen LogP contribution in [-0.4, -0.2) is 27.6 Å². The van der Waals surface area contributed by atoms with Crippen LogP contribution in [0.15, 0.2) is 53.0 Å². The Morgan fingerprint density at radius 1 is 1.11 bits per heavy atom. The summed E-state index contributed by atoms with van der Waals surface area (Å²) < 4.78 is 5.30. The number of carbonyl (C=O) groups excluding carboxylic acids is 2. The molecular formula is C19H17N3O3S2. The third kappa shape index (κ3) is 5.63. The second-order valence-corrected chi connectivity index (χ2v) is 7.54. The van der Waals surface area contributed by atoms with E-state index in [1.165, 1.54) is 23.1 Å². The summed E-state index contributed by atoms with van der Waals surface area (Å²) in [5, 5.41) is 5.19. The molecule has 3 aromatic rings. The number of aromatic nitrogens is 2. The highest BCUT2D eigenvalue weighted by molar-refractivity contribution is 7.99. The molecule has 138 valence electrons. The average molecular weight is 399 g/mol. The van der Waals surface area contributed by atoms with E-state index in [1.807, 2.05) is 31.4 Å². The van der Waals surface area contributed by atoms with Gasteiger partial charge in [0.05, 0.1) is 10.6 Å². The molecule has 6 nitrogen and oxygen atoms in total. The normalized spacial score (nSPS) is 10.4. The van der Waals surface area contributed by atoms with Crippen LogP contribution in [0.3, 0.4) is 0 Å². The third-order valence-corrected chi connectivity index (χ3v) is 5.06. The molecule has 0 atom stereocenters. The molecule has 2 heterocycles. The van der Waals surface area contributed by atoms with Crippen molar-refractivity contribution in [1.29, 1.82) is 0 Å². The van der Waals surface area contributed by atoms with E-state index in [9.17, 15) is 9.59 Å². The number of thiophene rings is 1. The molecule has 0 aliphatic carbocycles. The van der Waals surface area contributed by atoms with Crippen molar-refractivity contribution in [3.8, 4) is 5.75 Å². The van der Waals surface area contributed by atoms with Crippen LogP contribution in [0.4, 0.5) is 5.69 Å². The Morgan fingerprint density at radius 2 is 1.81 bits per heavy atom. The second kappa shape index (κ2) is 8.79. The minimum absolute atomic E-state index is 0.111. The number of nitrogens with one attached hydrogen (secondary N) is 1. The molecule has 0 aliphatic rings. The Morgan fingerprint density at radius 3 is 2.44 bits per heavy atom. The number of hydrogen-bond donors (Lipinski definition) is 1. The van der Waals surface area contributed by atoms with E-state index in [0.29, 0.717) is 21.5 Å². The fourth-order valence-corrected chi connectivity index (χ4v) is 3.59. The Bertz CT molecular complexity index is 921. The topological polar surface area (TPSA) is 81.2 Å². The van der Waals surface area contributed by atoms with E-state index in [1.54, 1.807) is 30.3 Å². The van der Waals surface area contributed by atoms with Gasteiger partial charge in [0, 0.05) is 17.1 Å². The van der Waals surface area contributed by atoms with Gasteiger partial charge in [-0.1, -0.05) is 17.8 Å². The standard InChI is InChI=1S/C19H17N3O3S2/c1-12-10-13(2)21-19(20-12)27-11-17(23)25-15-7-5-14(6-8-15)22-18(24)16-4-3-9-26-16/h3-10H,11H2,1-2H3,(H,22,24). The van der Waals surface area contributed by atoms with Crippen molar-refractivity contribution in [2.24, 2.45) is 0 Å². The number of hydrogen-bond acceptors (Lipinski definition) is 7. The Labute approximate surface area is 165 Å². The lowest BCUT2D eigenvalue weighted by Gasteiger charge is -2.07. The highest BCUT2D eigenvalue weighted by Gasteiger charge is 2.10. The summed E-state index contributed by atoms with van der Waals surface area (Å²) >= 11 is 2.61. The number of carbonyl (C=O) groups is 2. The number of rotatable bonds is 6. The van der Waals surface area contributed by atoms with Gasteiger partial charge >= 0.3 is 5.97 Å². The Balaban J connectivity index is 1.51. The monoisotopic (exact) mass is 399 g/mol. The van der Waals surface area contributed by atoms with Gasteiger partial charge in [0.25, 0.3) is 5.91 Å². The van der Waals surface area contributed by atoms with Crippen molar-refractivity contribution < 1.29 is 14.3 Å². The number of anilines is 1. The summed E-state index contributed by atoms with van der Waals surface area (Å²) in [4.78, 5) is 33.2. The SMILES string of the molecule is Cc1cc(C)nc(SCC(=O)Oc2ccc(NC(=O)c3cccs3)cc2)n1. The summed E-state index contributed by atoms with van der Waals surface area (Å²) in [5.41, 5.74) is 2.35. The van der Waals surface area contributed by atoms with Crippen molar-refractivity contribution in [3.63, 3.8) is 0 Å². The van der Waals surface area contributed by atoms with E-state index in [-0.39, 0.29) is 11.7 Å². The van der Waals surface area contributed by atoms with Gasteiger partial charge < -0.3 is 10.1 Å². The summed E-state index contributed by atoms with van der Waals surface area (Å²) in [5.74, 6) is -0.0338. The van der Waals surface area contributed by atoms with Gasteiger partial charge in [-0.15, -0.1) is 11.3 Å². The largest absolute Gasteiger partial charge is 0.426 e. The van der Waals surface area contributed by atoms with Gasteiger partial charge in [-0.3, -0.25) is 9.59 Å². The predicted octanol–water partition coefficient (Wildman–Crippen LogP) is 4.10. The third-order valence-electron chi connectivity index (χ3n) is 3.37. The average Bonchev–Trinajstić information content (AvgIpc) is 3.16. The molecule has 0 unspecified atom stereocenters. The van der Waals surface area contributed by atoms with Gasteiger partial charge in [-0.05, 0) is 55.6 Å². The predicted molar refractivity (Wildman–Crippen MR) is 107 cm³/mol. The Kier molecular flexibility index (Phi) is 6.20. The summed E-state index contributed by atoms with van der Waals surface area (Å²) in [6.07, 6.45) is 0. The highest BCUT2D eigenvalue weighted by atomic mass is 32.2. The van der Waals surface area contributed by atoms with Crippen LogP contribution < -0.4 is 10.1 Å². The van der Waals surface area contributed by atoms with Crippen LogP contribution in [0, 0.1) is 13.8 Å². The minimum atomic E-state index is -0.391. The zero-order valence-corrected chi connectivity index (χ0v) is 16.4. The number of aryl methyl sites for hydroxylation is 2. The highest BCUT2D eigenvalue weighted by Crippen LogP contribution is 2.19. The van der Waals surface area contributed by atoms with Crippen molar-refractivity contribution in [1.82, 2.24) is 9.97 Å². The number of nitrogens with zero attached hydrogens (tertiary/aromatic N) is 2. The second-order valence-electron chi connectivity index (χ2n) is 5.65. The molecular weight excluding hydrogens is 382 g/mol. The number of esters is 1. The lowest BCUT2D eigenvalue weighted by atomic mass is 10.3. The van der Waals surface area contributed by atoms with Crippen LogP contribution in [0.1, 0.15) is 21.1 Å². The quantitative estimate of drug-likeness (QED) is 0.291. The van der Waals surface area contributed by atoms with Crippen LogP contribution in [-0.2, 0) is 4.79 Å².